The summed E-state index contributed by atoms with van der Waals surface area (Å²) in [5.41, 5.74) is 0.989. The summed E-state index contributed by atoms with van der Waals surface area (Å²) in [7, 11) is 0. The van der Waals surface area contributed by atoms with Gasteiger partial charge in [0.05, 0.1) is 23.6 Å². The predicted octanol–water partition coefficient (Wildman–Crippen LogP) is 4.29. The number of thiophene rings is 1. The molecule has 3 rings (SSSR count). The number of benzene rings is 1. The van der Waals surface area contributed by atoms with Crippen LogP contribution in [0.15, 0.2) is 35.7 Å². The largest absolute Gasteiger partial charge is 0.416 e. The van der Waals surface area contributed by atoms with Gasteiger partial charge in [-0.15, -0.1) is 11.3 Å². The maximum atomic E-state index is 12.6. The van der Waals surface area contributed by atoms with Crippen LogP contribution >= 0.6 is 11.3 Å². The molecule has 2 heterocycles. The SMILES string of the molecule is Cc1csc(C(=O)N2CCO[C@H](c3ccc(C(F)(F)F)cc3)C2)c1. The summed E-state index contributed by atoms with van der Waals surface area (Å²) in [5.74, 6) is -0.0617. The molecule has 3 nitrogen and oxygen atoms in total. The fourth-order valence-corrected chi connectivity index (χ4v) is 3.49. The lowest BCUT2D eigenvalue weighted by molar-refractivity contribution is -0.137. The number of alkyl halides is 3. The first-order chi connectivity index (χ1) is 11.3. The van der Waals surface area contributed by atoms with Crippen LogP contribution in [0.4, 0.5) is 13.2 Å². The minimum atomic E-state index is -4.36. The van der Waals surface area contributed by atoms with Gasteiger partial charge >= 0.3 is 6.18 Å². The average Bonchev–Trinajstić information content (AvgIpc) is 3.00. The lowest BCUT2D eigenvalue weighted by Crippen LogP contribution is -2.42. The van der Waals surface area contributed by atoms with Crippen LogP contribution in [0.2, 0.25) is 0 Å². The Morgan fingerprint density at radius 1 is 1.29 bits per heavy atom. The van der Waals surface area contributed by atoms with Gasteiger partial charge in [-0.25, -0.2) is 0 Å². The van der Waals surface area contributed by atoms with Crippen molar-refractivity contribution in [2.24, 2.45) is 0 Å². The number of carbonyl (C=O) groups is 1. The molecule has 0 radical (unpaired) electrons. The second-order valence-electron chi connectivity index (χ2n) is 5.72. The number of amides is 1. The zero-order valence-corrected chi connectivity index (χ0v) is 13.8. The van der Waals surface area contributed by atoms with E-state index in [-0.39, 0.29) is 5.91 Å². The molecular weight excluding hydrogens is 339 g/mol. The number of hydrogen-bond donors (Lipinski definition) is 0. The molecule has 0 aliphatic carbocycles. The first-order valence-corrected chi connectivity index (χ1v) is 8.36. The molecule has 1 atom stereocenters. The number of ether oxygens (including phenoxy) is 1. The van der Waals surface area contributed by atoms with Crippen LogP contribution in [0.25, 0.3) is 0 Å². The Morgan fingerprint density at radius 3 is 2.58 bits per heavy atom. The van der Waals surface area contributed by atoms with Crippen molar-refractivity contribution in [1.29, 1.82) is 0 Å². The van der Waals surface area contributed by atoms with E-state index in [4.69, 9.17) is 4.74 Å². The second-order valence-corrected chi connectivity index (χ2v) is 6.63. The van der Waals surface area contributed by atoms with E-state index in [2.05, 4.69) is 0 Å². The van der Waals surface area contributed by atoms with E-state index in [0.29, 0.717) is 30.1 Å². The highest BCUT2D eigenvalue weighted by Crippen LogP contribution is 2.31. The highest BCUT2D eigenvalue weighted by molar-refractivity contribution is 7.12. The molecule has 128 valence electrons. The van der Waals surface area contributed by atoms with Gasteiger partial charge in [0, 0.05) is 6.54 Å². The Hall–Kier alpha value is -1.86. The first-order valence-electron chi connectivity index (χ1n) is 7.48. The van der Waals surface area contributed by atoms with Gasteiger partial charge in [-0.1, -0.05) is 12.1 Å². The van der Waals surface area contributed by atoms with Crippen molar-refractivity contribution in [3.8, 4) is 0 Å². The first kappa shape index (κ1) is 17.0. The van der Waals surface area contributed by atoms with Crippen molar-refractivity contribution in [3.05, 3.63) is 57.3 Å². The van der Waals surface area contributed by atoms with E-state index in [1.165, 1.54) is 23.5 Å². The number of rotatable bonds is 2. The van der Waals surface area contributed by atoms with Crippen LogP contribution in [0.1, 0.15) is 32.5 Å². The van der Waals surface area contributed by atoms with Crippen molar-refractivity contribution >= 4 is 17.2 Å². The molecule has 0 saturated carbocycles. The third kappa shape index (κ3) is 3.62. The molecule has 1 aromatic heterocycles. The summed E-state index contributed by atoms with van der Waals surface area (Å²) in [4.78, 5) is 14.9. The Bertz CT molecular complexity index is 724. The van der Waals surface area contributed by atoms with E-state index in [9.17, 15) is 18.0 Å². The lowest BCUT2D eigenvalue weighted by atomic mass is 10.0. The van der Waals surface area contributed by atoms with E-state index in [1.54, 1.807) is 4.90 Å². The van der Waals surface area contributed by atoms with Crippen molar-refractivity contribution in [1.82, 2.24) is 4.90 Å². The molecule has 2 aromatic rings. The molecule has 24 heavy (non-hydrogen) atoms. The highest BCUT2D eigenvalue weighted by atomic mass is 32.1. The van der Waals surface area contributed by atoms with Crippen molar-refractivity contribution in [3.63, 3.8) is 0 Å². The Morgan fingerprint density at radius 2 is 2.00 bits per heavy atom. The van der Waals surface area contributed by atoms with E-state index >= 15 is 0 Å². The van der Waals surface area contributed by atoms with E-state index < -0.39 is 17.8 Å². The van der Waals surface area contributed by atoms with Crippen molar-refractivity contribution in [2.75, 3.05) is 19.7 Å². The normalized spacial score (nSPS) is 18.7. The molecule has 1 aromatic carbocycles. The molecule has 1 fully saturated rings. The number of hydrogen-bond acceptors (Lipinski definition) is 3. The fourth-order valence-electron chi connectivity index (χ4n) is 2.62. The third-order valence-corrected chi connectivity index (χ3v) is 4.94. The van der Waals surface area contributed by atoms with Crippen LogP contribution in [0, 0.1) is 6.92 Å². The maximum Gasteiger partial charge on any atom is 0.416 e. The quantitative estimate of drug-likeness (QED) is 0.804. The second kappa shape index (κ2) is 6.57. The minimum Gasteiger partial charge on any atom is -0.370 e. The molecule has 0 spiro atoms. The topological polar surface area (TPSA) is 29.5 Å². The van der Waals surface area contributed by atoms with Crippen LogP contribution in [0.5, 0.6) is 0 Å². The van der Waals surface area contributed by atoms with Gasteiger partial charge in [-0.2, -0.15) is 13.2 Å². The predicted molar refractivity (Wildman–Crippen MR) is 85.1 cm³/mol. The van der Waals surface area contributed by atoms with Crippen LogP contribution in [-0.4, -0.2) is 30.5 Å². The highest BCUT2D eigenvalue weighted by Gasteiger charge is 2.31. The third-order valence-electron chi connectivity index (χ3n) is 3.90. The summed E-state index contributed by atoms with van der Waals surface area (Å²) < 4.78 is 43.5. The summed E-state index contributed by atoms with van der Waals surface area (Å²) in [5, 5.41) is 1.92. The Balaban J connectivity index is 1.72. The minimum absolute atomic E-state index is 0.0617. The van der Waals surface area contributed by atoms with Gasteiger partial charge in [0.2, 0.25) is 0 Å². The number of halogens is 3. The van der Waals surface area contributed by atoms with Crippen LogP contribution in [-0.2, 0) is 10.9 Å². The molecule has 0 N–H and O–H groups in total. The Labute approximate surface area is 141 Å². The molecule has 0 bridgehead atoms. The lowest BCUT2D eigenvalue weighted by Gasteiger charge is -2.33. The summed E-state index contributed by atoms with van der Waals surface area (Å²) >= 11 is 1.40. The summed E-state index contributed by atoms with van der Waals surface area (Å²) in [6, 6.07) is 6.76. The maximum absolute atomic E-state index is 12.6. The van der Waals surface area contributed by atoms with Crippen molar-refractivity contribution < 1.29 is 22.7 Å². The molecule has 0 unspecified atom stereocenters. The van der Waals surface area contributed by atoms with Crippen LogP contribution in [0.3, 0.4) is 0 Å². The summed E-state index contributed by atoms with van der Waals surface area (Å²) in [6.45, 7) is 3.10. The van der Waals surface area contributed by atoms with Gasteiger partial charge in [0.1, 0.15) is 6.10 Å². The van der Waals surface area contributed by atoms with Crippen molar-refractivity contribution in [2.45, 2.75) is 19.2 Å². The smallest absolute Gasteiger partial charge is 0.370 e. The number of aryl methyl sites for hydroxylation is 1. The van der Waals surface area contributed by atoms with Gasteiger partial charge in [-0.3, -0.25) is 4.79 Å². The van der Waals surface area contributed by atoms with Gasteiger partial charge in [0.15, 0.2) is 0 Å². The number of nitrogens with zero attached hydrogens (tertiary/aromatic N) is 1. The van der Waals surface area contributed by atoms with Gasteiger partial charge < -0.3 is 9.64 Å². The monoisotopic (exact) mass is 355 g/mol. The van der Waals surface area contributed by atoms with E-state index in [1.807, 2.05) is 18.4 Å². The Kier molecular flexibility index (Phi) is 4.64. The fraction of sp³-hybridized carbons (Fsp3) is 0.353. The van der Waals surface area contributed by atoms with Gasteiger partial charge in [-0.05, 0) is 41.6 Å². The zero-order valence-electron chi connectivity index (χ0n) is 13.0. The van der Waals surface area contributed by atoms with Gasteiger partial charge in [0.25, 0.3) is 5.91 Å². The van der Waals surface area contributed by atoms with Crippen LogP contribution < -0.4 is 0 Å². The molecule has 1 aliphatic rings. The molecule has 1 aliphatic heterocycles. The molecular formula is C17H16F3NO2S. The number of carbonyl (C=O) groups excluding carboxylic acids is 1. The molecule has 1 amide bonds. The molecule has 1 saturated heterocycles. The zero-order chi connectivity index (χ0) is 17.3. The molecule has 7 heteroatoms. The standard InChI is InChI=1S/C17H16F3NO2S/c1-11-8-15(24-10-11)16(22)21-6-7-23-14(9-21)12-2-4-13(5-3-12)17(18,19)20/h2-5,8,10,14H,6-7,9H2,1H3/t14-/m0/s1. The summed E-state index contributed by atoms with van der Waals surface area (Å²) in [6.07, 6.45) is -4.77. The number of morpholine rings is 1. The van der Waals surface area contributed by atoms with E-state index in [0.717, 1.165) is 17.7 Å². The average molecular weight is 355 g/mol.